The largest absolute Gasteiger partial charge is 0.376 e. The van der Waals surface area contributed by atoms with E-state index in [0.29, 0.717) is 6.07 Å². The van der Waals surface area contributed by atoms with E-state index < -0.39 is 17.5 Å². The predicted molar refractivity (Wildman–Crippen MR) is 56.7 cm³/mol. The lowest BCUT2D eigenvalue weighted by atomic mass is 10.0. The molecular weight excluding hydrogens is 215 g/mol. The van der Waals surface area contributed by atoms with Crippen molar-refractivity contribution in [1.82, 2.24) is 0 Å². The Morgan fingerprint density at radius 2 is 2.00 bits per heavy atom. The van der Waals surface area contributed by atoms with Crippen LogP contribution in [-0.2, 0) is 0 Å². The summed E-state index contributed by atoms with van der Waals surface area (Å²) in [5.41, 5.74) is -0.117. The van der Waals surface area contributed by atoms with E-state index in [1.54, 1.807) is 0 Å². The number of rotatable bonds is 2. The average Bonchev–Trinajstić information content (AvgIpc) is 2.27. The van der Waals surface area contributed by atoms with Crippen LogP contribution >= 0.6 is 0 Å². The number of halogens is 3. The van der Waals surface area contributed by atoms with Crippen molar-refractivity contribution in [2.24, 2.45) is 0 Å². The van der Waals surface area contributed by atoms with Crippen molar-refractivity contribution in [3.05, 3.63) is 41.7 Å². The van der Waals surface area contributed by atoms with Crippen molar-refractivity contribution in [3.63, 3.8) is 0 Å². The van der Waals surface area contributed by atoms with Gasteiger partial charge in [-0.25, -0.2) is 13.2 Å². The van der Waals surface area contributed by atoms with Crippen molar-refractivity contribution >= 4 is 5.69 Å². The van der Waals surface area contributed by atoms with Gasteiger partial charge >= 0.3 is 0 Å². The normalized spacial score (nSPS) is 19.8. The van der Waals surface area contributed by atoms with Crippen LogP contribution in [0.1, 0.15) is 19.3 Å². The fraction of sp³-hybridized carbons (Fsp3) is 0.333. The molecule has 0 bridgehead atoms. The Balaban J connectivity index is 2.20. The van der Waals surface area contributed by atoms with E-state index in [0.717, 1.165) is 25.3 Å². The quantitative estimate of drug-likeness (QED) is 0.601. The summed E-state index contributed by atoms with van der Waals surface area (Å²) in [6.45, 7) is 0. The van der Waals surface area contributed by atoms with Gasteiger partial charge in [-0.3, -0.25) is 0 Å². The molecule has 1 aromatic carbocycles. The highest BCUT2D eigenvalue weighted by Crippen LogP contribution is 2.22. The van der Waals surface area contributed by atoms with E-state index in [1.165, 1.54) is 0 Å². The van der Waals surface area contributed by atoms with E-state index in [-0.39, 0.29) is 11.7 Å². The number of hydrogen-bond acceptors (Lipinski definition) is 1. The molecule has 86 valence electrons. The molecule has 4 heteroatoms. The summed E-state index contributed by atoms with van der Waals surface area (Å²) in [6.07, 6.45) is 6.71. The molecule has 1 aliphatic rings. The molecule has 1 aromatic rings. The molecule has 0 heterocycles. The third-order valence-corrected chi connectivity index (χ3v) is 2.59. The lowest BCUT2D eigenvalue weighted by Crippen LogP contribution is -2.19. The Labute approximate surface area is 92.0 Å². The Morgan fingerprint density at radius 1 is 1.19 bits per heavy atom. The van der Waals surface area contributed by atoms with Crippen molar-refractivity contribution < 1.29 is 13.2 Å². The molecule has 0 aromatic heterocycles. The molecule has 0 radical (unpaired) electrons. The lowest BCUT2D eigenvalue weighted by molar-refractivity contribution is 0.496. The first-order valence-corrected chi connectivity index (χ1v) is 5.24. The maximum absolute atomic E-state index is 13.3. The number of nitrogens with one attached hydrogen (secondary N) is 1. The van der Waals surface area contributed by atoms with Crippen LogP contribution in [0.15, 0.2) is 24.3 Å². The van der Waals surface area contributed by atoms with Gasteiger partial charge in [-0.05, 0) is 19.3 Å². The van der Waals surface area contributed by atoms with Crippen LogP contribution in [-0.4, -0.2) is 6.04 Å². The van der Waals surface area contributed by atoms with Gasteiger partial charge in [-0.2, -0.15) is 0 Å². The van der Waals surface area contributed by atoms with Gasteiger partial charge in [0.05, 0.1) is 5.69 Å². The van der Waals surface area contributed by atoms with Gasteiger partial charge < -0.3 is 5.32 Å². The van der Waals surface area contributed by atoms with Crippen LogP contribution < -0.4 is 5.32 Å². The minimum atomic E-state index is -1.16. The maximum Gasteiger partial charge on any atom is 0.182 e. The topological polar surface area (TPSA) is 12.0 Å². The smallest absolute Gasteiger partial charge is 0.182 e. The Bertz CT molecular complexity index is 415. The summed E-state index contributed by atoms with van der Waals surface area (Å²) < 4.78 is 39.1. The second kappa shape index (κ2) is 4.60. The van der Waals surface area contributed by atoms with Crippen LogP contribution in [0.2, 0.25) is 0 Å². The molecule has 0 amide bonds. The van der Waals surface area contributed by atoms with Gasteiger partial charge in [0.1, 0.15) is 5.82 Å². The van der Waals surface area contributed by atoms with Gasteiger partial charge in [-0.1, -0.05) is 12.2 Å². The van der Waals surface area contributed by atoms with Crippen LogP contribution in [0, 0.1) is 17.5 Å². The van der Waals surface area contributed by atoms with E-state index in [9.17, 15) is 13.2 Å². The summed E-state index contributed by atoms with van der Waals surface area (Å²) in [5, 5.41) is 2.79. The first kappa shape index (κ1) is 11.0. The van der Waals surface area contributed by atoms with Gasteiger partial charge in [0.2, 0.25) is 0 Å². The summed E-state index contributed by atoms with van der Waals surface area (Å²) in [7, 11) is 0. The zero-order chi connectivity index (χ0) is 11.5. The fourth-order valence-electron chi connectivity index (χ4n) is 1.79. The molecule has 0 saturated carbocycles. The monoisotopic (exact) mass is 227 g/mol. The third kappa shape index (κ3) is 2.38. The highest BCUT2D eigenvalue weighted by Gasteiger charge is 2.14. The van der Waals surface area contributed by atoms with Crippen molar-refractivity contribution in [3.8, 4) is 0 Å². The molecule has 0 aliphatic heterocycles. The van der Waals surface area contributed by atoms with Gasteiger partial charge in [-0.15, -0.1) is 0 Å². The van der Waals surface area contributed by atoms with E-state index in [1.807, 2.05) is 12.2 Å². The molecule has 0 fully saturated rings. The molecule has 1 unspecified atom stereocenters. The predicted octanol–water partition coefficient (Wildman–Crippen LogP) is 3.62. The van der Waals surface area contributed by atoms with Gasteiger partial charge in [0, 0.05) is 18.2 Å². The summed E-state index contributed by atoms with van der Waals surface area (Å²) in [5.74, 6) is -2.97. The van der Waals surface area contributed by atoms with E-state index >= 15 is 0 Å². The molecular formula is C12H12F3N. The fourth-order valence-corrected chi connectivity index (χ4v) is 1.79. The summed E-state index contributed by atoms with van der Waals surface area (Å²) >= 11 is 0. The van der Waals surface area contributed by atoms with Crippen LogP contribution in [0.4, 0.5) is 18.9 Å². The maximum atomic E-state index is 13.3. The first-order chi connectivity index (χ1) is 7.66. The number of anilines is 1. The molecule has 0 spiro atoms. The Morgan fingerprint density at radius 3 is 2.69 bits per heavy atom. The minimum absolute atomic E-state index is 0.0514. The Kier molecular flexibility index (Phi) is 3.17. The van der Waals surface area contributed by atoms with E-state index in [4.69, 9.17) is 0 Å². The zero-order valence-corrected chi connectivity index (χ0v) is 8.64. The standard InChI is InChI=1S/C12H12F3N/c13-8-6-10(14)12(15)11(7-8)16-9-4-2-1-3-5-9/h2,4,6-7,9,16H,1,3,5H2. The number of benzene rings is 1. The van der Waals surface area contributed by atoms with Crippen molar-refractivity contribution in [2.75, 3.05) is 5.32 Å². The van der Waals surface area contributed by atoms with Gasteiger partial charge in [0.15, 0.2) is 11.6 Å². The lowest BCUT2D eigenvalue weighted by Gasteiger charge is -2.19. The number of hydrogen-bond donors (Lipinski definition) is 1. The molecule has 1 nitrogen and oxygen atoms in total. The molecule has 1 N–H and O–H groups in total. The summed E-state index contributed by atoms with van der Waals surface area (Å²) in [4.78, 5) is 0. The average molecular weight is 227 g/mol. The van der Waals surface area contributed by atoms with Gasteiger partial charge in [0.25, 0.3) is 0 Å². The van der Waals surface area contributed by atoms with E-state index in [2.05, 4.69) is 5.32 Å². The minimum Gasteiger partial charge on any atom is -0.376 e. The van der Waals surface area contributed by atoms with Crippen LogP contribution in [0.25, 0.3) is 0 Å². The highest BCUT2D eigenvalue weighted by molar-refractivity contribution is 5.47. The van der Waals surface area contributed by atoms with Crippen molar-refractivity contribution in [2.45, 2.75) is 25.3 Å². The summed E-state index contributed by atoms with van der Waals surface area (Å²) in [6, 6.07) is 1.46. The first-order valence-electron chi connectivity index (χ1n) is 5.24. The molecule has 1 aliphatic carbocycles. The third-order valence-electron chi connectivity index (χ3n) is 2.59. The van der Waals surface area contributed by atoms with Crippen LogP contribution in [0.5, 0.6) is 0 Å². The molecule has 1 atom stereocenters. The highest BCUT2D eigenvalue weighted by atomic mass is 19.2. The molecule has 0 saturated heterocycles. The molecule has 16 heavy (non-hydrogen) atoms. The second-order valence-electron chi connectivity index (χ2n) is 3.86. The number of allylic oxidation sites excluding steroid dienone is 1. The Hall–Kier alpha value is -1.45. The zero-order valence-electron chi connectivity index (χ0n) is 8.64. The van der Waals surface area contributed by atoms with Crippen molar-refractivity contribution in [1.29, 1.82) is 0 Å². The van der Waals surface area contributed by atoms with Crippen LogP contribution in [0.3, 0.4) is 0 Å². The molecule has 2 rings (SSSR count). The second-order valence-corrected chi connectivity index (χ2v) is 3.86. The SMILES string of the molecule is Fc1cc(F)c(F)c(NC2C=CCCC2)c1.